The van der Waals surface area contributed by atoms with Crippen molar-refractivity contribution in [3.05, 3.63) is 89.5 Å². The van der Waals surface area contributed by atoms with Gasteiger partial charge in [0.05, 0.1) is 5.56 Å². The van der Waals surface area contributed by atoms with E-state index in [9.17, 15) is 27.6 Å². The number of carboxylic acids is 1. The second kappa shape index (κ2) is 12.8. The van der Waals surface area contributed by atoms with Gasteiger partial charge in [0, 0.05) is 30.6 Å². The second-order valence-electron chi connectivity index (χ2n) is 10.1. The lowest BCUT2D eigenvalue weighted by molar-refractivity contribution is -0.138. The number of nitrogens with one attached hydrogen (secondary N) is 2. The number of hydrogen-bond acceptors (Lipinski definition) is 3. The molecule has 0 radical (unpaired) electrons. The summed E-state index contributed by atoms with van der Waals surface area (Å²) >= 11 is 0. The number of halogens is 3. The SMILES string of the molecule is O=C(O)C[C@H]1CC[C@H](c2ccc(NC(=O)CCNC(=O)c3ccc(-c4ccccc4)c(C(F)(F)F)c3)cc2)CC1. The summed E-state index contributed by atoms with van der Waals surface area (Å²) in [7, 11) is 0. The summed E-state index contributed by atoms with van der Waals surface area (Å²) in [4.78, 5) is 35.8. The first-order valence-corrected chi connectivity index (χ1v) is 13.3. The van der Waals surface area contributed by atoms with Crippen LogP contribution in [0.1, 0.15) is 65.9 Å². The topological polar surface area (TPSA) is 95.5 Å². The average Bonchev–Trinajstić information content (AvgIpc) is 2.93. The highest BCUT2D eigenvalue weighted by Crippen LogP contribution is 2.38. The van der Waals surface area contributed by atoms with Gasteiger partial charge in [-0.2, -0.15) is 13.2 Å². The van der Waals surface area contributed by atoms with E-state index in [0.717, 1.165) is 37.3 Å². The molecule has 0 unspecified atom stereocenters. The van der Waals surface area contributed by atoms with E-state index in [-0.39, 0.29) is 42.3 Å². The van der Waals surface area contributed by atoms with Crippen molar-refractivity contribution in [2.24, 2.45) is 5.92 Å². The molecule has 1 aliphatic carbocycles. The average molecular weight is 553 g/mol. The molecule has 3 aromatic rings. The summed E-state index contributed by atoms with van der Waals surface area (Å²) in [6.45, 7) is -0.0376. The lowest BCUT2D eigenvalue weighted by Crippen LogP contribution is -2.28. The predicted molar refractivity (Wildman–Crippen MR) is 146 cm³/mol. The molecule has 1 aliphatic rings. The quantitative estimate of drug-likeness (QED) is 0.270. The molecule has 1 fully saturated rings. The van der Waals surface area contributed by atoms with Crippen molar-refractivity contribution in [1.82, 2.24) is 5.32 Å². The number of carbonyl (C=O) groups is 3. The molecular formula is C31H31F3N2O4. The Balaban J connectivity index is 1.27. The summed E-state index contributed by atoms with van der Waals surface area (Å²) in [5, 5.41) is 14.3. The number of hydrogen-bond donors (Lipinski definition) is 3. The van der Waals surface area contributed by atoms with Crippen molar-refractivity contribution in [2.45, 2.75) is 50.6 Å². The van der Waals surface area contributed by atoms with Crippen LogP contribution in [0.5, 0.6) is 0 Å². The Labute approximate surface area is 230 Å². The van der Waals surface area contributed by atoms with Gasteiger partial charge in [0.1, 0.15) is 0 Å². The van der Waals surface area contributed by atoms with E-state index < -0.39 is 23.6 Å². The molecule has 4 rings (SSSR count). The number of rotatable bonds is 9. The van der Waals surface area contributed by atoms with E-state index in [0.29, 0.717) is 17.2 Å². The van der Waals surface area contributed by atoms with Crippen molar-refractivity contribution in [3.8, 4) is 11.1 Å². The van der Waals surface area contributed by atoms with Gasteiger partial charge in [-0.05, 0) is 78.5 Å². The maximum atomic E-state index is 13.7. The monoisotopic (exact) mass is 552 g/mol. The van der Waals surface area contributed by atoms with Crippen LogP contribution in [0.15, 0.2) is 72.8 Å². The first-order chi connectivity index (χ1) is 19.1. The van der Waals surface area contributed by atoms with Crippen LogP contribution >= 0.6 is 0 Å². The highest BCUT2D eigenvalue weighted by Gasteiger charge is 2.34. The first-order valence-electron chi connectivity index (χ1n) is 13.3. The fourth-order valence-electron chi connectivity index (χ4n) is 5.19. The van der Waals surface area contributed by atoms with Gasteiger partial charge in [-0.3, -0.25) is 14.4 Å². The van der Waals surface area contributed by atoms with Crippen LogP contribution in [0.3, 0.4) is 0 Å². The fraction of sp³-hybridized carbons (Fsp3) is 0.323. The molecule has 0 aliphatic heterocycles. The molecule has 0 aromatic heterocycles. The summed E-state index contributed by atoms with van der Waals surface area (Å²) in [5.41, 5.74) is 1.10. The molecule has 0 heterocycles. The van der Waals surface area contributed by atoms with E-state index >= 15 is 0 Å². The molecule has 1 saturated carbocycles. The highest BCUT2D eigenvalue weighted by molar-refractivity contribution is 5.96. The molecule has 3 N–H and O–H groups in total. The Hall–Kier alpha value is -4.14. The standard InChI is InChI=1S/C31H31F3N2O4/c32-31(33,34)27-19-24(12-15-26(27)23-4-2-1-3-5-23)30(40)35-17-16-28(37)36-25-13-10-22(11-14-25)21-8-6-20(7-9-21)18-29(38)39/h1-5,10-15,19-21H,6-9,16-18H2,(H,35,40)(H,36,37)(H,38,39)/t20-,21-. The largest absolute Gasteiger partial charge is 0.481 e. The Morgan fingerprint density at radius 3 is 2.17 bits per heavy atom. The van der Waals surface area contributed by atoms with E-state index in [1.54, 1.807) is 30.3 Å². The Kier molecular flexibility index (Phi) is 9.24. The zero-order valence-electron chi connectivity index (χ0n) is 21.8. The van der Waals surface area contributed by atoms with Crippen LogP contribution in [0.25, 0.3) is 11.1 Å². The second-order valence-corrected chi connectivity index (χ2v) is 10.1. The predicted octanol–water partition coefficient (Wildman–Crippen LogP) is 6.88. The van der Waals surface area contributed by atoms with Crippen LogP contribution in [0, 0.1) is 5.92 Å². The normalized spacial score (nSPS) is 17.2. The first kappa shape index (κ1) is 28.9. The number of benzene rings is 3. The molecular weight excluding hydrogens is 521 g/mol. The van der Waals surface area contributed by atoms with E-state index in [1.165, 1.54) is 12.1 Å². The minimum Gasteiger partial charge on any atom is -0.481 e. The summed E-state index contributed by atoms with van der Waals surface area (Å²) < 4.78 is 41.2. The Morgan fingerprint density at radius 1 is 0.875 bits per heavy atom. The number of alkyl halides is 3. The third kappa shape index (κ3) is 7.71. The molecule has 0 saturated heterocycles. The number of amides is 2. The van der Waals surface area contributed by atoms with Crippen LogP contribution in [0.2, 0.25) is 0 Å². The number of aliphatic carboxylic acids is 1. The van der Waals surface area contributed by atoms with Gasteiger partial charge >= 0.3 is 12.1 Å². The fourth-order valence-corrected chi connectivity index (χ4v) is 5.19. The van der Waals surface area contributed by atoms with E-state index in [2.05, 4.69) is 10.6 Å². The van der Waals surface area contributed by atoms with Crippen molar-refractivity contribution in [3.63, 3.8) is 0 Å². The Bertz CT molecular complexity index is 1330. The van der Waals surface area contributed by atoms with Gasteiger partial charge < -0.3 is 15.7 Å². The number of carbonyl (C=O) groups excluding carboxylic acids is 2. The smallest absolute Gasteiger partial charge is 0.417 e. The van der Waals surface area contributed by atoms with Crippen LogP contribution in [-0.4, -0.2) is 29.4 Å². The van der Waals surface area contributed by atoms with Crippen molar-refractivity contribution < 1.29 is 32.7 Å². The molecule has 2 amide bonds. The maximum Gasteiger partial charge on any atom is 0.417 e. The van der Waals surface area contributed by atoms with Gasteiger partial charge in [-0.25, -0.2) is 0 Å². The van der Waals surface area contributed by atoms with Crippen molar-refractivity contribution in [1.29, 1.82) is 0 Å². The van der Waals surface area contributed by atoms with E-state index in [1.807, 2.05) is 24.3 Å². The summed E-state index contributed by atoms with van der Waals surface area (Å²) in [6, 6.07) is 19.1. The summed E-state index contributed by atoms with van der Waals surface area (Å²) in [6.07, 6.45) is -0.837. The zero-order chi connectivity index (χ0) is 28.7. The number of carboxylic acid groups (broad SMARTS) is 1. The van der Waals surface area contributed by atoms with Crippen molar-refractivity contribution in [2.75, 3.05) is 11.9 Å². The molecule has 9 heteroatoms. The minimum absolute atomic E-state index is 0.0130. The van der Waals surface area contributed by atoms with Gasteiger partial charge in [0.15, 0.2) is 0 Å². The molecule has 6 nitrogen and oxygen atoms in total. The van der Waals surface area contributed by atoms with Gasteiger partial charge in [-0.15, -0.1) is 0 Å². The van der Waals surface area contributed by atoms with Gasteiger partial charge in [0.25, 0.3) is 5.91 Å². The lowest BCUT2D eigenvalue weighted by atomic mass is 9.77. The third-order valence-electron chi connectivity index (χ3n) is 7.29. The van der Waals surface area contributed by atoms with Crippen LogP contribution in [-0.2, 0) is 15.8 Å². The molecule has 3 aromatic carbocycles. The maximum absolute atomic E-state index is 13.7. The van der Waals surface area contributed by atoms with Gasteiger partial charge in [0.2, 0.25) is 5.91 Å². The zero-order valence-corrected chi connectivity index (χ0v) is 21.8. The lowest BCUT2D eigenvalue weighted by Gasteiger charge is -2.28. The van der Waals surface area contributed by atoms with E-state index in [4.69, 9.17) is 5.11 Å². The third-order valence-corrected chi connectivity index (χ3v) is 7.29. The molecule has 40 heavy (non-hydrogen) atoms. The molecule has 0 bridgehead atoms. The van der Waals surface area contributed by atoms with Crippen LogP contribution < -0.4 is 10.6 Å². The molecule has 0 atom stereocenters. The highest BCUT2D eigenvalue weighted by atomic mass is 19.4. The number of anilines is 1. The summed E-state index contributed by atoms with van der Waals surface area (Å²) in [5.74, 6) is -1.19. The van der Waals surface area contributed by atoms with Gasteiger partial charge in [-0.1, -0.05) is 48.5 Å². The minimum atomic E-state index is -4.64. The molecule has 210 valence electrons. The van der Waals surface area contributed by atoms with Crippen LogP contribution in [0.4, 0.5) is 18.9 Å². The molecule has 0 spiro atoms. The van der Waals surface area contributed by atoms with Crippen molar-refractivity contribution >= 4 is 23.5 Å². The Morgan fingerprint density at radius 2 is 1.55 bits per heavy atom.